The SMILES string of the molecule is O=c1n(-c2ccccc2)c(=O)n2c3c4ccccc4c4ccc5cccc6c7cccc(c7c3c4c56)n12. The molecule has 9 aromatic rings. The van der Waals surface area contributed by atoms with E-state index in [1.165, 1.54) is 9.95 Å². The highest BCUT2D eigenvalue weighted by Gasteiger charge is 2.25. The second-order valence-corrected chi connectivity index (χ2v) is 9.72. The first-order chi connectivity index (χ1) is 18.2. The summed E-state index contributed by atoms with van der Waals surface area (Å²) in [6.45, 7) is 0. The fourth-order valence-electron chi connectivity index (χ4n) is 6.58. The maximum Gasteiger partial charge on any atom is 0.356 e. The summed E-state index contributed by atoms with van der Waals surface area (Å²) in [5.41, 5.74) is 1.29. The molecule has 0 aliphatic carbocycles. The van der Waals surface area contributed by atoms with E-state index in [1.54, 1.807) is 21.2 Å². The fourth-order valence-corrected chi connectivity index (χ4v) is 6.58. The molecule has 0 aliphatic rings. The van der Waals surface area contributed by atoms with Crippen LogP contribution < -0.4 is 11.4 Å². The van der Waals surface area contributed by atoms with Gasteiger partial charge in [-0.25, -0.2) is 14.2 Å². The normalized spacial score (nSPS) is 12.5. The molecule has 0 saturated carbocycles. The van der Waals surface area contributed by atoms with Crippen molar-refractivity contribution in [3.8, 4) is 5.69 Å². The van der Waals surface area contributed by atoms with E-state index in [2.05, 4.69) is 48.5 Å². The number of aromatic nitrogens is 3. The zero-order valence-corrected chi connectivity index (χ0v) is 19.5. The molecule has 0 N–H and O–H groups in total. The van der Waals surface area contributed by atoms with E-state index in [1.807, 2.05) is 42.5 Å². The molecule has 5 nitrogen and oxygen atoms in total. The highest BCUT2D eigenvalue weighted by molar-refractivity contribution is 6.43. The second kappa shape index (κ2) is 6.33. The van der Waals surface area contributed by atoms with Crippen molar-refractivity contribution >= 4 is 64.9 Å². The maximum atomic E-state index is 14.2. The van der Waals surface area contributed by atoms with Crippen LogP contribution in [0.1, 0.15) is 0 Å². The van der Waals surface area contributed by atoms with Crippen LogP contribution in [-0.2, 0) is 0 Å². The Balaban J connectivity index is 1.75. The van der Waals surface area contributed by atoms with Crippen molar-refractivity contribution in [3.63, 3.8) is 0 Å². The lowest BCUT2D eigenvalue weighted by Gasteiger charge is -2.20. The number of hydrogen-bond acceptors (Lipinski definition) is 2. The average Bonchev–Trinajstić information content (AvgIpc) is 3.22. The molecular weight excluding hydrogens is 458 g/mol. The Labute approximate surface area is 208 Å². The van der Waals surface area contributed by atoms with Crippen molar-refractivity contribution in [2.45, 2.75) is 0 Å². The highest BCUT2D eigenvalue weighted by Crippen LogP contribution is 2.47. The standard InChI is InChI=1S/C32H17N3O2/c36-31-33(19-9-2-1-3-10-19)32(37)35-30-24-12-5-4-11-20(24)23-17-16-18-8-6-13-21-22-14-7-15-25(34(31)35)27(22)29(30)28(23)26(18)21/h1-17H. The third-order valence-corrected chi connectivity index (χ3v) is 7.99. The molecular formula is C32H17N3O2. The van der Waals surface area contributed by atoms with Crippen LogP contribution in [0.25, 0.3) is 70.6 Å². The van der Waals surface area contributed by atoms with Gasteiger partial charge in [0, 0.05) is 21.5 Å². The van der Waals surface area contributed by atoms with Gasteiger partial charge in [0.05, 0.1) is 16.7 Å². The third-order valence-electron chi connectivity index (χ3n) is 7.99. The predicted octanol–water partition coefficient (Wildman–Crippen LogP) is 6.34. The van der Waals surface area contributed by atoms with Crippen LogP contribution in [0.2, 0.25) is 0 Å². The summed E-state index contributed by atoms with van der Waals surface area (Å²) >= 11 is 0. The van der Waals surface area contributed by atoms with Crippen LogP contribution in [0.3, 0.4) is 0 Å². The molecule has 9 rings (SSSR count). The molecule has 37 heavy (non-hydrogen) atoms. The van der Waals surface area contributed by atoms with Crippen molar-refractivity contribution in [3.05, 3.63) is 124 Å². The van der Waals surface area contributed by atoms with Gasteiger partial charge < -0.3 is 0 Å². The Morgan fingerprint density at radius 1 is 0.432 bits per heavy atom. The Kier molecular flexibility index (Phi) is 3.27. The minimum Gasteiger partial charge on any atom is -0.245 e. The quantitative estimate of drug-likeness (QED) is 0.205. The number of para-hydroxylation sites is 1. The molecule has 0 amide bonds. The lowest BCUT2D eigenvalue weighted by atomic mass is 9.86. The van der Waals surface area contributed by atoms with Crippen molar-refractivity contribution in [2.75, 3.05) is 0 Å². The molecule has 0 atom stereocenters. The van der Waals surface area contributed by atoms with Gasteiger partial charge in [0.2, 0.25) is 0 Å². The van der Waals surface area contributed by atoms with E-state index >= 15 is 0 Å². The molecule has 0 saturated heterocycles. The monoisotopic (exact) mass is 475 g/mol. The molecule has 172 valence electrons. The van der Waals surface area contributed by atoms with Crippen LogP contribution in [0.15, 0.2) is 113 Å². The van der Waals surface area contributed by atoms with Gasteiger partial charge in [-0.2, -0.15) is 9.03 Å². The second-order valence-electron chi connectivity index (χ2n) is 9.72. The van der Waals surface area contributed by atoms with Crippen molar-refractivity contribution in [2.24, 2.45) is 0 Å². The molecule has 0 radical (unpaired) electrons. The number of hydrogen-bond donors (Lipinski definition) is 0. The molecule has 2 heterocycles. The van der Waals surface area contributed by atoms with Gasteiger partial charge in [-0.15, -0.1) is 0 Å². The van der Waals surface area contributed by atoms with Crippen LogP contribution >= 0.6 is 0 Å². The maximum absolute atomic E-state index is 14.2. The van der Waals surface area contributed by atoms with E-state index in [0.717, 1.165) is 59.5 Å². The lowest BCUT2D eigenvalue weighted by molar-refractivity contribution is 0.841. The van der Waals surface area contributed by atoms with E-state index in [9.17, 15) is 9.59 Å². The van der Waals surface area contributed by atoms with Gasteiger partial charge in [-0.1, -0.05) is 84.9 Å². The Bertz CT molecular complexity index is 2500. The minimum atomic E-state index is -0.378. The molecule has 0 fully saturated rings. The Morgan fingerprint density at radius 3 is 1.92 bits per heavy atom. The molecule has 0 spiro atoms. The van der Waals surface area contributed by atoms with Crippen LogP contribution in [-0.4, -0.2) is 13.6 Å². The van der Waals surface area contributed by atoms with Crippen LogP contribution in [0, 0.1) is 0 Å². The Hall–Kier alpha value is -5.16. The molecule has 0 aliphatic heterocycles. The highest BCUT2D eigenvalue weighted by atomic mass is 16.2. The topological polar surface area (TPSA) is 47.9 Å². The Morgan fingerprint density at radius 2 is 1.08 bits per heavy atom. The minimum absolute atomic E-state index is 0.376. The first kappa shape index (κ1) is 19.1. The number of benzene rings is 7. The van der Waals surface area contributed by atoms with Crippen LogP contribution in [0.5, 0.6) is 0 Å². The van der Waals surface area contributed by atoms with Gasteiger partial charge >= 0.3 is 11.4 Å². The molecule has 5 heteroatoms. The fraction of sp³-hybridized carbons (Fsp3) is 0. The average molecular weight is 476 g/mol. The van der Waals surface area contributed by atoms with Gasteiger partial charge in [0.25, 0.3) is 0 Å². The summed E-state index contributed by atoms with van der Waals surface area (Å²) in [6.07, 6.45) is 0. The molecule has 2 aromatic heterocycles. The van der Waals surface area contributed by atoms with Crippen molar-refractivity contribution in [1.29, 1.82) is 0 Å². The summed E-state index contributed by atoms with van der Waals surface area (Å²) in [6, 6.07) is 34.2. The largest absolute Gasteiger partial charge is 0.356 e. The van der Waals surface area contributed by atoms with E-state index in [-0.39, 0.29) is 11.4 Å². The molecule has 7 aromatic carbocycles. The van der Waals surface area contributed by atoms with E-state index in [0.29, 0.717) is 5.69 Å². The number of rotatable bonds is 1. The van der Waals surface area contributed by atoms with Gasteiger partial charge in [-0.3, -0.25) is 0 Å². The number of fused-ring (bicyclic) bond motifs is 7. The predicted molar refractivity (Wildman–Crippen MR) is 150 cm³/mol. The van der Waals surface area contributed by atoms with E-state index < -0.39 is 0 Å². The van der Waals surface area contributed by atoms with Gasteiger partial charge in [0.1, 0.15) is 0 Å². The summed E-state index contributed by atoms with van der Waals surface area (Å²) in [4.78, 5) is 28.2. The molecule has 0 bridgehead atoms. The van der Waals surface area contributed by atoms with Gasteiger partial charge in [0.15, 0.2) is 0 Å². The summed E-state index contributed by atoms with van der Waals surface area (Å²) in [5.74, 6) is 0. The summed E-state index contributed by atoms with van der Waals surface area (Å²) < 4.78 is 4.42. The zero-order valence-electron chi connectivity index (χ0n) is 19.5. The first-order valence-electron chi connectivity index (χ1n) is 12.3. The van der Waals surface area contributed by atoms with Crippen LogP contribution in [0.4, 0.5) is 0 Å². The summed E-state index contributed by atoms with van der Waals surface area (Å²) in [5, 5.41) is 10.9. The van der Waals surface area contributed by atoms with E-state index in [4.69, 9.17) is 0 Å². The summed E-state index contributed by atoms with van der Waals surface area (Å²) in [7, 11) is 0. The zero-order chi connectivity index (χ0) is 24.4. The van der Waals surface area contributed by atoms with Gasteiger partial charge in [-0.05, 0) is 50.5 Å². The smallest absolute Gasteiger partial charge is 0.245 e. The lowest BCUT2D eigenvalue weighted by Crippen LogP contribution is -2.25. The van der Waals surface area contributed by atoms with Crippen molar-refractivity contribution < 1.29 is 0 Å². The van der Waals surface area contributed by atoms with Crippen molar-refractivity contribution in [1.82, 2.24) is 13.6 Å². The number of nitrogens with zero attached hydrogens (tertiary/aromatic N) is 3. The third kappa shape index (κ3) is 2.09. The molecule has 0 unspecified atom stereocenters. The first-order valence-corrected chi connectivity index (χ1v) is 12.3.